The van der Waals surface area contributed by atoms with Crippen LogP contribution in [0.3, 0.4) is 0 Å². The van der Waals surface area contributed by atoms with E-state index in [1.54, 1.807) is 4.90 Å². The first kappa shape index (κ1) is 25.4. The van der Waals surface area contributed by atoms with Gasteiger partial charge in [0.25, 0.3) is 5.91 Å². The van der Waals surface area contributed by atoms with Crippen LogP contribution < -0.4 is 4.90 Å². The Morgan fingerprint density at radius 3 is 2.72 bits per heavy atom. The second-order valence-electron chi connectivity index (χ2n) is 10.5. The van der Waals surface area contributed by atoms with Crippen LogP contribution in [0.4, 0.5) is 11.4 Å². The van der Waals surface area contributed by atoms with E-state index in [0.717, 1.165) is 43.7 Å². The number of hydrogen-bond donors (Lipinski definition) is 0. The molecule has 3 heterocycles. The number of para-hydroxylation sites is 1. The predicted octanol–water partition coefficient (Wildman–Crippen LogP) is 7.24. The molecule has 0 N–H and O–H groups in total. The summed E-state index contributed by atoms with van der Waals surface area (Å²) in [5, 5.41) is 1.35. The quantitative estimate of drug-likeness (QED) is 0.387. The van der Waals surface area contributed by atoms with Crippen LogP contribution in [-0.4, -0.2) is 47.3 Å². The number of fused-ring (bicyclic) bond motifs is 1. The van der Waals surface area contributed by atoms with Gasteiger partial charge in [-0.3, -0.25) is 9.69 Å². The van der Waals surface area contributed by atoms with Gasteiger partial charge in [-0.1, -0.05) is 36.7 Å². The molecule has 2 fully saturated rings. The number of aliphatic imine (C=N–C) groups is 1. The lowest BCUT2D eigenvalue weighted by Crippen LogP contribution is -2.48. The zero-order chi connectivity index (χ0) is 25.4. The molecule has 0 radical (unpaired) electrons. The molecule has 7 heteroatoms. The molecule has 1 amide bonds. The molecule has 5 nitrogen and oxygen atoms in total. The summed E-state index contributed by atoms with van der Waals surface area (Å²) in [4.78, 5) is 23.3. The number of nitrogens with zero attached hydrogens (tertiary/aromatic N) is 3. The third-order valence-corrected chi connectivity index (χ3v) is 8.72. The normalized spacial score (nSPS) is 25.8. The molecule has 0 aliphatic carbocycles. The maximum atomic E-state index is 13.6. The minimum absolute atomic E-state index is 0.0386. The molecule has 0 spiro atoms. The second kappa shape index (κ2) is 10.2. The summed E-state index contributed by atoms with van der Waals surface area (Å²) in [5.74, 6) is 0.369. The van der Waals surface area contributed by atoms with Gasteiger partial charge in [-0.25, -0.2) is 4.99 Å². The monoisotopic (exact) mass is 523 g/mol. The van der Waals surface area contributed by atoms with Gasteiger partial charge in [0.1, 0.15) is 0 Å². The average molecular weight is 524 g/mol. The highest BCUT2D eigenvalue weighted by atomic mass is 35.5. The van der Waals surface area contributed by atoms with E-state index < -0.39 is 0 Å². The Balaban J connectivity index is 1.51. The van der Waals surface area contributed by atoms with E-state index in [9.17, 15) is 4.79 Å². The van der Waals surface area contributed by atoms with Crippen LogP contribution in [0.2, 0.25) is 5.02 Å². The van der Waals surface area contributed by atoms with Crippen LogP contribution in [0.1, 0.15) is 64.0 Å². The molecule has 2 saturated heterocycles. The summed E-state index contributed by atoms with van der Waals surface area (Å²) in [6.07, 6.45) is 5.05. The van der Waals surface area contributed by atoms with Crippen molar-refractivity contribution in [2.75, 3.05) is 24.6 Å². The van der Waals surface area contributed by atoms with Crippen molar-refractivity contribution in [3.05, 3.63) is 63.5 Å². The Labute approximate surface area is 223 Å². The number of anilines is 1. The van der Waals surface area contributed by atoms with Gasteiger partial charge < -0.3 is 9.64 Å². The average Bonchev–Trinajstić information content (AvgIpc) is 3.45. The Morgan fingerprint density at radius 2 is 2.03 bits per heavy atom. The van der Waals surface area contributed by atoms with E-state index in [0.29, 0.717) is 27.6 Å². The van der Waals surface area contributed by atoms with Crippen LogP contribution in [0, 0.1) is 0 Å². The summed E-state index contributed by atoms with van der Waals surface area (Å²) in [6.45, 7) is 11.3. The van der Waals surface area contributed by atoms with Crippen LogP contribution >= 0.6 is 23.4 Å². The van der Waals surface area contributed by atoms with Gasteiger partial charge in [0.2, 0.25) is 0 Å². The first-order valence-electron chi connectivity index (χ1n) is 12.8. The van der Waals surface area contributed by atoms with Crippen molar-refractivity contribution >= 4 is 51.9 Å². The Morgan fingerprint density at radius 1 is 1.25 bits per heavy atom. The molecule has 3 aliphatic rings. The van der Waals surface area contributed by atoms with Crippen molar-refractivity contribution in [1.82, 2.24) is 4.90 Å². The molecule has 0 bridgehead atoms. The smallest absolute Gasteiger partial charge is 0.266 e. The summed E-state index contributed by atoms with van der Waals surface area (Å²) in [6, 6.07) is 14.0. The number of rotatable bonds is 5. The van der Waals surface area contributed by atoms with Gasteiger partial charge in [0.15, 0.2) is 5.17 Å². The molecule has 2 unspecified atom stereocenters. The van der Waals surface area contributed by atoms with Crippen LogP contribution in [0.25, 0.3) is 6.08 Å². The number of ether oxygens (including phenoxy) is 1. The Hall–Kier alpha value is -2.28. The number of carbonyl (C=O) groups is 1. The maximum Gasteiger partial charge on any atom is 0.266 e. The SMILES string of the molecule is CCN1c2cc(Cl)c(/C=C3/SC(=Nc4ccccc4)N(CC4CCCO4)C3=O)cc2C(C)CC1(C)C. The number of carbonyl (C=O) groups excluding carboxylic acids is 1. The lowest BCUT2D eigenvalue weighted by atomic mass is 9.79. The lowest BCUT2D eigenvalue weighted by molar-refractivity contribution is -0.123. The fourth-order valence-corrected chi connectivity index (χ4v) is 6.94. The van der Waals surface area contributed by atoms with Crippen LogP contribution in [0.5, 0.6) is 0 Å². The van der Waals surface area contributed by atoms with Crippen molar-refractivity contribution in [3.8, 4) is 0 Å². The molecule has 2 atom stereocenters. The van der Waals surface area contributed by atoms with Gasteiger partial charge >= 0.3 is 0 Å². The first-order chi connectivity index (χ1) is 17.3. The van der Waals surface area contributed by atoms with Gasteiger partial charge in [-0.15, -0.1) is 0 Å². The Kier molecular flexibility index (Phi) is 7.21. The number of amidine groups is 1. The third-order valence-electron chi connectivity index (χ3n) is 7.39. The Bertz CT molecular complexity index is 1200. The van der Waals surface area contributed by atoms with E-state index in [2.05, 4.69) is 44.7 Å². The number of amides is 1. The van der Waals surface area contributed by atoms with Crippen molar-refractivity contribution in [2.45, 2.75) is 64.5 Å². The summed E-state index contributed by atoms with van der Waals surface area (Å²) in [5.41, 5.74) is 4.27. The third kappa shape index (κ3) is 4.96. The highest BCUT2D eigenvalue weighted by Gasteiger charge is 2.38. The second-order valence-corrected chi connectivity index (χ2v) is 11.9. The maximum absolute atomic E-state index is 13.6. The minimum Gasteiger partial charge on any atom is -0.376 e. The van der Waals surface area contributed by atoms with Crippen molar-refractivity contribution in [1.29, 1.82) is 0 Å². The summed E-state index contributed by atoms with van der Waals surface area (Å²) < 4.78 is 5.84. The summed E-state index contributed by atoms with van der Waals surface area (Å²) >= 11 is 8.25. The molecule has 190 valence electrons. The molecular formula is C29H34ClN3O2S. The van der Waals surface area contributed by atoms with E-state index >= 15 is 0 Å². The zero-order valence-corrected chi connectivity index (χ0v) is 23.0. The molecule has 2 aromatic rings. The van der Waals surface area contributed by atoms with E-state index in [-0.39, 0.29) is 17.6 Å². The minimum atomic E-state index is -0.0386. The van der Waals surface area contributed by atoms with Gasteiger partial charge in [0.05, 0.1) is 23.2 Å². The molecule has 2 aromatic carbocycles. The number of thioether (sulfide) groups is 1. The van der Waals surface area contributed by atoms with Gasteiger partial charge in [0, 0.05) is 29.4 Å². The fourth-order valence-electron chi connectivity index (χ4n) is 5.73. The standard InChI is InChI=1S/C29H34ClN3O2S/c1-5-33-25-16-24(30)20(14-23(25)19(2)17-29(33,3)4)15-26-27(34)32(18-22-12-9-13-35-22)28(36-26)31-21-10-7-6-8-11-21/h6-8,10-11,14-16,19,22H,5,9,12-13,17-18H2,1-4H3/b26-15+,31-28?. The largest absolute Gasteiger partial charge is 0.376 e. The molecule has 0 saturated carbocycles. The highest BCUT2D eigenvalue weighted by molar-refractivity contribution is 8.18. The molecule has 0 aromatic heterocycles. The van der Waals surface area contributed by atoms with E-state index in [1.165, 1.54) is 23.0 Å². The molecule has 36 heavy (non-hydrogen) atoms. The lowest BCUT2D eigenvalue weighted by Gasteiger charge is -2.47. The topological polar surface area (TPSA) is 45.1 Å². The number of halogens is 1. The molecule has 3 aliphatic heterocycles. The van der Waals surface area contributed by atoms with Crippen LogP contribution in [-0.2, 0) is 9.53 Å². The summed E-state index contributed by atoms with van der Waals surface area (Å²) in [7, 11) is 0. The van der Waals surface area contributed by atoms with Crippen molar-refractivity contribution in [3.63, 3.8) is 0 Å². The van der Waals surface area contributed by atoms with E-state index in [1.807, 2.05) is 36.4 Å². The first-order valence-corrected chi connectivity index (χ1v) is 14.0. The van der Waals surface area contributed by atoms with E-state index in [4.69, 9.17) is 21.3 Å². The molecular weight excluding hydrogens is 490 g/mol. The van der Waals surface area contributed by atoms with Gasteiger partial charge in [-0.05, 0) is 99.2 Å². The zero-order valence-electron chi connectivity index (χ0n) is 21.5. The number of hydrogen-bond acceptors (Lipinski definition) is 5. The highest BCUT2D eigenvalue weighted by Crippen LogP contribution is 2.46. The predicted molar refractivity (Wildman–Crippen MR) is 151 cm³/mol. The van der Waals surface area contributed by atoms with Crippen LogP contribution in [0.15, 0.2) is 52.4 Å². The fraction of sp³-hybridized carbons (Fsp3) is 0.448. The molecule has 5 rings (SSSR count). The van der Waals surface area contributed by atoms with Crippen molar-refractivity contribution in [2.24, 2.45) is 4.99 Å². The van der Waals surface area contributed by atoms with Gasteiger partial charge in [-0.2, -0.15) is 0 Å². The van der Waals surface area contributed by atoms with Crippen molar-refractivity contribution < 1.29 is 9.53 Å². The number of benzene rings is 2.